The van der Waals surface area contributed by atoms with E-state index in [1.165, 1.54) is 0 Å². The van der Waals surface area contributed by atoms with Gasteiger partial charge in [-0.3, -0.25) is 14.4 Å². The third kappa shape index (κ3) is 12.0. The predicted molar refractivity (Wildman–Crippen MR) is 201 cm³/mol. The van der Waals surface area contributed by atoms with Crippen molar-refractivity contribution in [3.05, 3.63) is 0 Å². The summed E-state index contributed by atoms with van der Waals surface area (Å²) in [6.45, 7) is 16.1. The van der Waals surface area contributed by atoms with E-state index in [0.29, 0.717) is 58.2 Å². The van der Waals surface area contributed by atoms with Gasteiger partial charge in [-0.1, -0.05) is 34.6 Å². The number of amides is 3. The van der Waals surface area contributed by atoms with E-state index in [-0.39, 0.29) is 54.4 Å². The topological polar surface area (TPSA) is 168 Å². The molecule has 3 fully saturated rings. The number of methoxy groups -OCH3 is 1. The zero-order valence-electron chi connectivity index (χ0n) is 34.6. The summed E-state index contributed by atoms with van der Waals surface area (Å²) in [5.74, 6) is -2.16. The molecule has 3 amide bonds. The molecular weight excluding hydrogens is 684 g/mol. The summed E-state index contributed by atoms with van der Waals surface area (Å²) < 4.78 is 32.8. The predicted octanol–water partition coefficient (Wildman–Crippen LogP) is 2.33. The van der Waals surface area contributed by atoms with Gasteiger partial charge in [0.1, 0.15) is 6.10 Å². The van der Waals surface area contributed by atoms with E-state index >= 15 is 0 Å². The molecule has 3 aliphatic rings. The largest absolute Gasteiger partial charge is 0.390 e. The lowest BCUT2D eigenvalue weighted by Crippen LogP contribution is -2.60. The average Bonchev–Trinajstić information content (AvgIpc) is 3.09. The van der Waals surface area contributed by atoms with Gasteiger partial charge in [-0.15, -0.1) is 0 Å². The molecule has 2 heterocycles. The first-order valence-corrected chi connectivity index (χ1v) is 19.7. The van der Waals surface area contributed by atoms with Crippen LogP contribution >= 0.6 is 0 Å². The second-order valence-corrected chi connectivity index (χ2v) is 16.9. The number of aliphatic hydroxyl groups is 2. The van der Waals surface area contributed by atoms with E-state index in [4.69, 9.17) is 23.7 Å². The Morgan fingerprint density at radius 1 is 1.08 bits per heavy atom. The number of ether oxygens (including phenoxy) is 5. The Morgan fingerprint density at radius 3 is 2.38 bits per heavy atom. The van der Waals surface area contributed by atoms with Crippen LogP contribution in [0.15, 0.2) is 0 Å². The summed E-state index contributed by atoms with van der Waals surface area (Å²) in [6.07, 6.45) is -1.37. The Kier molecular flexibility index (Phi) is 17.0. The van der Waals surface area contributed by atoms with E-state index in [2.05, 4.69) is 15.5 Å². The molecule has 0 aromatic heterocycles. The van der Waals surface area contributed by atoms with Gasteiger partial charge in [0.05, 0.1) is 54.2 Å². The molecule has 1 saturated carbocycles. The van der Waals surface area contributed by atoms with Gasteiger partial charge in [0, 0.05) is 58.7 Å². The van der Waals surface area contributed by atoms with Gasteiger partial charge in [0.25, 0.3) is 0 Å². The first kappa shape index (κ1) is 45.5. The van der Waals surface area contributed by atoms with Crippen LogP contribution in [0.5, 0.6) is 0 Å². The van der Waals surface area contributed by atoms with Gasteiger partial charge in [-0.2, -0.15) is 0 Å². The minimum atomic E-state index is -1.46. The van der Waals surface area contributed by atoms with Crippen LogP contribution in [0.25, 0.3) is 0 Å². The fourth-order valence-electron chi connectivity index (χ4n) is 8.71. The Labute approximate surface area is 318 Å². The molecule has 0 radical (unpaired) electrons. The number of aliphatic hydroxyl groups excluding tert-OH is 1. The van der Waals surface area contributed by atoms with Crippen molar-refractivity contribution in [1.29, 1.82) is 0 Å². The van der Waals surface area contributed by atoms with Gasteiger partial charge >= 0.3 is 0 Å². The maximum absolute atomic E-state index is 13.8. The fraction of sp³-hybridized carbons (Fsp3) is 0.923. The van der Waals surface area contributed by atoms with Crippen LogP contribution in [0.2, 0.25) is 0 Å². The second kappa shape index (κ2) is 19.8. The molecule has 3 rings (SSSR count). The van der Waals surface area contributed by atoms with Gasteiger partial charge in [-0.25, -0.2) is 0 Å². The molecule has 0 spiro atoms. The number of carbonyl (C=O) groups excluding carboxylic acids is 3. The van der Waals surface area contributed by atoms with Crippen LogP contribution in [0.4, 0.5) is 0 Å². The van der Waals surface area contributed by atoms with E-state index in [1.807, 2.05) is 55.6 Å². The number of rotatable bonds is 12. The van der Waals surface area contributed by atoms with Crippen LogP contribution in [-0.4, -0.2) is 152 Å². The third-order valence-electron chi connectivity index (χ3n) is 11.8. The highest BCUT2D eigenvalue weighted by Gasteiger charge is 2.51. The minimum Gasteiger partial charge on any atom is -0.390 e. The van der Waals surface area contributed by atoms with Gasteiger partial charge < -0.3 is 54.3 Å². The average molecular weight is 757 g/mol. The SMILES string of the molecule is CCC(=O)NCCCO[C@H]1[C@H](O[C@@H]2[C@@H](C)[C@H](O[C@@H]3C[C@@H](C)[C@H](O)[C@](C)(OC)C3)[C@@H](C)C(=O)NCC(=O)N(C)C[C@H](C)C[C@@]2(C)O)O[C@H](C)C[C@@H]1N(C)C. The van der Waals surface area contributed by atoms with Gasteiger partial charge in [0.2, 0.25) is 17.7 Å². The molecule has 1 aliphatic carbocycles. The number of hydrogen-bond donors (Lipinski definition) is 4. The molecule has 0 aromatic rings. The monoisotopic (exact) mass is 757 g/mol. The molecule has 14 heteroatoms. The number of likely N-dealkylation sites (N-methyl/N-ethyl adjacent to an activating group) is 2. The van der Waals surface area contributed by atoms with Crippen molar-refractivity contribution in [3.8, 4) is 0 Å². The van der Waals surface area contributed by atoms with E-state index in [0.717, 1.165) is 0 Å². The molecule has 2 aliphatic heterocycles. The number of nitrogens with zero attached hydrogens (tertiary/aromatic N) is 2. The molecule has 0 bridgehead atoms. The van der Waals surface area contributed by atoms with Crippen molar-refractivity contribution in [2.24, 2.45) is 23.7 Å². The molecule has 14 nitrogen and oxygen atoms in total. The van der Waals surface area contributed by atoms with Crippen molar-refractivity contribution in [1.82, 2.24) is 20.4 Å². The lowest BCUT2D eigenvalue weighted by molar-refractivity contribution is -0.308. The fourth-order valence-corrected chi connectivity index (χ4v) is 8.71. The highest BCUT2D eigenvalue weighted by Crippen LogP contribution is 2.41. The molecule has 308 valence electrons. The number of nitrogens with one attached hydrogen (secondary N) is 2. The molecule has 53 heavy (non-hydrogen) atoms. The Balaban J connectivity index is 2.05. The summed E-state index contributed by atoms with van der Waals surface area (Å²) in [5.41, 5.74) is -2.32. The van der Waals surface area contributed by atoms with Crippen molar-refractivity contribution in [2.75, 3.05) is 54.5 Å². The highest BCUT2D eigenvalue weighted by atomic mass is 16.7. The molecular formula is C39H72N4O10. The smallest absolute Gasteiger partial charge is 0.241 e. The highest BCUT2D eigenvalue weighted by molar-refractivity contribution is 5.85. The second-order valence-electron chi connectivity index (χ2n) is 16.9. The van der Waals surface area contributed by atoms with Crippen LogP contribution < -0.4 is 10.6 Å². The molecule has 0 aromatic carbocycles. The lowest BCUT2D eigenvalue weighted by atomic mass is 9.74. The van der Waals surface area contributed by atoms with Crippen molar-refractivity contribution in [2.45, 2.75) is 154 Å². The molecule has 2 saturated heterocycles. The van der Waals surface area contributed by atoms with E-state index < -0.39 is 53.7 Å². The first-order chi connectivity index (χ1) is 24.7. The zero-order valence-corrected chi connectivity index (χ0v) is 34.6. The summed E-state index contributed by atoms with van der Waals surface area (Å²) in [6, 6.07) is -0.0683. The summed E-state index contributed by atoms with van der Waals surface area (Å²) in [5, 5.41) is 29.3. The molecule has 14 atom stereocenters. The summed E-state index contributed by atoms with van der Waals surface area (Å²) in [4.78, 5) is 42.4. The van der Waals surface area contributed by atoms with Crippen molar-refractivity contribution >= 4 is 17.7 Å². The summed E-state index contributed by atoms with van der Waals surface area (Å²) >= 11 is 0. The van der Waals surface area contributed by atoms with Crippen LogP contribution in [-0.2, 0) is 38.1 Å². The van der Waals surface area contributed by atoms with Gasteiger partial charge in [0.15, 0.2) is 6.29 Å². The maximum Gasteiger partial charge on any atom is 0.241 e. The maximum atomic E-state index is 13.8. The standard InChI is InChI=1S/C39H72N4O10/c1-13-30(44)40-15-14-16-50-33-29(42(9)10)18-25(4)51-37(33)53-35-26(5)32(52-28-17-24(3)34(46)39(8,20-28)49-12)27(6)36(47)41-21-31(45)43(11)22-23(2)19-38(35,7)48/h23-29,32-35,37,46,48H,13-22H2,1-12H3,(H,40,44)(H,41,47)/t23-,24-,25-,26+,27-,28-,29+,32+,33-,34+,35-,37+,38-,39-/m1/s1. The quantitative estimate of drug-likeness (QED) is 0.216. The van der Waals surface area contributed by atoms with Crippen LogP contribution in [0.1, 0.15) is 93.9 Å². The molecule has 0 unspecified atom stereocenters. The van der Waals surface area contributed by atoms with E-state index in [9.17, 15) is 24.6 Å². The van der Waals surface area contributed by atoms with Crippen molar-refractivity contribution < 1.29 is 48.3 Å². The normalized spacial score (nSPS) is 40.9. The van der Waals surface area contributed by atoms with Crippen LogP contribution in [0, 0.1) is 23.7 Å². The van der Waals surface area contributed by atoms with Gasteiger partial charge in [-0.05, 0) is 72.4 Å². The Hall–Kier alpha value is -1.91. The zero-order chi connectivity index (χ0) is 39.8. The van der Waals surface area contributed by atoms with E-state index in [1.54, 1.807) is 32.9 Å². The molecule has 4 N–H and O–H groups in total. The number of hydrogen-bond acceptors (Lipinski definition) is 11. The Morgan fingerprint density at radius 2 is 1.75 bits per heavy atom. The first-order valence-electron chi connectivity index (χ1n) is 19.7. The van der Waals surface area contributed by atoms with Crippen LogP contribution in [0.3, 0.4) is 0 Å². The summed E-state index contributed by atoms with van der Waals surface area (Å²) in [7, 11) is 7.27. The van der Waals surface area contributed by atoms with Crippen molar-refractivity contribution in [3.63, 3.8) is 0 Å². The number of carbonyl (C=O) groups is 3. The Bertz CT molecular complexity index is 1190. The minimum absolute atomic E-state index is 0.0168. The lowest BCUT2D eigenvalue weighted by Gasteiger charge is -2.49. The third-order valence-corrected chi connectivity index (χ3v) is 11.8.